The van der Waals surface area contributed by atoms with Crippen LogP contribution >= 0.6 is 0 Å². The number of halogens is 1. The number of carboxylic acid groups (broad SMARTS) is 1. The van der Waals surface area contributed by atoms with E-state index in [0.29, 0.717) is 5.56 Å². The number of carbonyl (C=O) groups is 1. The van der Waals surface area contributed by atoms with Crippen molar-refractivity contribution in [2.45, 2.75) is 6.04 Å². The van der Waals surface area contributed by atoms with E-state index in [9.17, 15) is 9.18 Å². The Hall–Kier alpha value is -2.20. The van der Waals surface area contributed by atoms with E-state index in [4.69, 9.17) is 10.8 Å². The fourth-order valence-electron chi connectivity index (χ4n) is 1.67. The van der Waals surface area contributed by atoms with Crippen molar-refractivity contribution in [3.63, 3.8) is 0 Å². The van der Waals surface area contributed by atoms with E-state index >= 15 is 0 Å². The van der Waals surface area contributed by atoms with Crippen LogP contribution in [0.1, 0.15) is 11.6 Å². The van der Waals surface area contributed by atoms with Crippen LogP contribution in [0.5, 0.6) is 0 Å². The minimum atomic E-state index is -1.07. The maximum atomic E-state index is 12.8. The van der Waals surface area contributed by atoms with Gasteiger partial charge in [-0.05, 0) is 28.8 Å². The topological polar surface area (TPSA) is 63.3 Å². The summed E-state index contributed by atoms with van der Waals surface area (Å²) in [6.07, 6.45) is 0. The monoisotopic (exact) mass is 245 g/mol. The van der Waals surface area contributed by atoms with Gasteiger partial charge in [0.05, 0.1) is 0 Å². The Bertz CT molecular complexity index is 549. The third kappa shape index (κ3) is 2.55. The van der Waals surface area contributed by atoms with Crippen molar-refractivity contribution in [1.82, 2.24) is 0 Å². The molecule has 0 bridgehead atoms. The molecule has 1 atom stereocenters. The molecule has 92 valence electrons. The van der Waals surface area contributed by atoms with Crippen molar-refractivity contribution in [2.24, 2.45) is 5.73 Å². The van der Waals surface area contributed by atoms with Crippen LogP contribution in [0.25, 0.3) is 11.1 Å². The summed E-state index contributed by atoms with van der Waals surface area (Å²) < 4.78 is 12.8. The van der Waals surface area contributed by atoms with Crippen LogP contribution in [0.15, 0.2) is 48.5 Å². The lowest BCUT2D eigenvalue weighted by Gasteiger charge is -2.08. The van der Waals surface area contributed by atoms with E-state index in [-0.39, 0.29) is 5.82 Å². The lowest BCUT2D eigenvalue weighted by atomic mass is 10.0. The molecule has 3 nitrogen and oxygen atoms in total. The summed E-state index contributed by atoms with van der Waals surface area (Å²) >= 11 is 0. The summed E-state index contributed by atoms with van der Waals surface area (Å²) in [5.41, 5.74) is 7.79. The molecule has 0 radical (unpaired) electrons. The molecule has 0 heterocycles. The molecule has 4 heteroatoms. The van der Waals surface area contributed by atoms with Crippen LogP contribution in [-0.2, 0) is 4.79 Å². The fraction of sp³-hybridized carbons (Fsp3) is 0.0714. The number of hydrogen-bond donors (Lipinski definition) is 2. The molecule has 2 aromatic carbocycles. The SMILES string of the molecule is NC(C(=O)O)c1ccc(-c2ccc(F)cc2)cc1. The maximum absolute atomic E-state index is 12.8. The van der Waals surface area contributed by atoms with Crippen LogP contribution in [0.3, 0.4) is 0 Å². The van der Waals surface area contributed by atoms with Gasteiger partial charge in [-0.15, -0.1) is 0 Å². The van der Waals surface area contributed by atoms with Crippen molar-refractivity contribution in [1.29, 1.82) is 0 Å². The Morgan fingerprint density at radius 2 is 1.44 bits per heavy atom. The number of rotatable bonds is 3. The highest BCUT2D eigenvalue weighted by molar-refractivity contribution is 5.75. The van der Waals surface area contributed by atoms with Crippen LogP contribution < -0.4 is 5.73 Å². The third-order valence-corrected chi connectivity index (χ3v) is 2.71. The minimum Gasteiger partial charge on any atom is -0.480 e. The first-order valence-corrected chi connectivity index (χ1v) is 5.42. The van der Waals surface area contributed by atoms with Gasteiger partial charge in [0.2, 0.25) is 0 Å². The van der Waals surface area contributed by atoms with Crippen LogP contribution in [0.2, 0.25) is 0 Å². The maximum Gasteiger partial charge on any atom is 0.325 e. The number of aliphatic carboxylic acids is 1. The summed E-state index contributed by atoms with van der Waals surface area (Å²) in [5.74, 6) is -1.35. The molecule has 0 aliphatic rings. The Morgan fingerprint density at radius 1 is 1.00 bits per heavy atom. The van der Waals surface area contributed by atoms with E-state index in [1.54, 1.807) is 36.4 Å². The molecule has 0 amide bonds. The second-order valence-electron chi connectivity index (χ2n) is 3.94. The van der Waals surface area contributed by atoms with Gasteiger partial charge in [0.15, 0.2) is 0 Å². The van der Waals surface area contributed by atoms with Crippen molar-refractivity contribution in [3.05, 3.63) is 59.9 Å². The highest BCUT2D eigenvalue weighted by atomic mass is 19.1. The fourth-order valence-corrected chi connectivity index (χ4v) is 1.67. The number of nitrogens with two attached hydrogens (primary N) is 1. The Morgan fingerprint density at radius 3 is 1.89 bits per heavy atom. The number of benzene rings is 2. The van der Waals surface area contributed by atoms with E-state index in [2.05, 4.69) is 0 Å². The first kappa shape index (κ1) is 12.3. The van der Waals surface area contributed by atoms with Crippen LogP contribution in [0.4, 0.5) is 4.39 Å². The molecule has 0 spiro atoms. The smallest absolute Gasteiger partial charge is 0.325 e. The van der Waals surface area contributed by atoms with Crippen LogP contribution in [-0.4, -0.2) is 11.1 Å². The zero-order valence-electron chi connectivity index (χ0n) is 9.51. The summed E-state index contributed by atoms with van der Waals surface area (Å²) in [7, 11) is 0. The predicted octanol–water partition coefficient (Wildman–Crippen LogP) is 2.58. The molecular formula is C14H12FNO2. The summed E-state index contributed by atoms with van der Waals surface area (Å²) in [6, 6.07) is 11.9. The average Bonchev–Trinajstić information content (AvgIpc) is 2.39. The molecule has 0 fully saturated rings. The number of hydrogen-bond acceptors (Lipinski definition) is 2. The summed E-state index contributed by atoms with van der Waals surface area (Å²) in [4.78, 5) is 10.7. The van der Waals surface area contributed by atoms with Gasteiger partial charge in [0, 0.05) is 0 Å². The summed E-state index contributed by atoms with van der Waals surface area (Å²) in [5, 5.41) is 8.79. The summed E-state index contributed by atoms with van der Waals surface area (Å²) in [6.45, 7) is 0. The quantitative estimate of drug-likeness (QED) is 0.873. The first-order chi connectivity index (χ1) is 8.58. The van der Waals surface area contributed by atoms with Gasteiger partial charge in [-0.2, -0.15) is 0 Å². The van der Waals surface area contributed by atoms with Gasteiger partial charge in [0.1, 0.15) is 11.9 Å². The average molecular weight is 245 g/mol. The second-order valence-corrected chi connectivity index (χ2v) is 3.94. The Kier molecular flexibility index (Phi) is 3.39. The van der Waals surface area contributed by atoms with Crippen molar-refractivity contribution < 1.29 is 14.3 Å². The molecule has 0 saturated heterocycles. The molecule has 0 aliphatic heterocycles. The molecule has 2 rings (SSSR count). The molecule has 2 aromatic rings. The van der Waals surface area contributed by atoms with E-state index in [1.165, 1.54) is 12.1 Å². The van der Waals surface area contributed by atoms with Gasteiger partial charge >= 0.3 is 5.97 Å². The zero-order chi connectivity index (χ0) is 13.1. The van der Waals surface area contributed by atoms with E-state index in [0.717, 1.165) is 11.1 Å². The van der Waals surface area contributed by atoms with Gasteiger partial charge in [-0.25, -0.2) is 4.39 Å². The zero-order valence-corrected chi connectivity index (χ0v) is 9.51. The molecular weight excluding hydrogens is 233 g/mol. The molecule has 18 heavy (non-hydrogen) atoms. The Labute approximate surface area is 104 Å². The first-order valence-electron chi connectivity index (χ1n) is 5.42. The van der Waals surface area contributed by atoms with Crippen molar-refractivity contribution in [3.8, 4) is 11.1 Å². The largest absolute Gasteiger partial charge is 0.480 e. The van der Waals surface area contributed by atoms with Crippen molar-refractivity contribution >= 4 is 5.97 Å². The molecule has 1 unspecified atom stereocenters. The Balaban J connectivity index is 2.27. The van der Waals surface area contributed by atoms with Gasteiger partial charge in [-0.3, -0.25) is 4.79 Å². The van der Waals surface area contributed by atoms with Crippen LogP contribution in [0, 0.1) is 5.82 Å². The van der Waals surface area contributed by atoms with Crippen molar-refractivity contribution in [2.75, 3.05) is 0 Å². The molecule has 3 N–H and O–H groups in total. The third-order valence-electron chi connectivity index (χ3n) is 2.71. The molecule has 0 aromatic heterocycles. The predicted molar refractivity (Wildman–Crippen MR) is 66.4 cm³/mol. The minimum absolute atomic E-state index is 0.289. The van der Waals surface area contributed by atoms with Gasteiger partial charge in [-0.1, -0.05) is 36.4 Å². The second kappa shape index (κ2) is 4.98. The highest BCUT2D eigenvalue weighted by Gasteiger charge is 2.13. The lowest BCUT2D eigenvalue weighted by Crippen LogP contribution is -2.20. The number of carboxylic acids is 1. The molecule has 0 aliphatic carbocycles. The van der Waals surface area contributed by atoms with Gasteiger partial charge < -0.3 is 10.8 Å². The highest BCUT2D eigenvalue weighted by Crippen LogP contribution is 2.21. The standard InChI is InChI=1S/C14H12FNO2/c15-12-7-5-10(6-8-12)9-1-3-11(4-2-9)13(16)14(17)18/h1-8,13H,16H2,(H,17,18). The van der Waals surface area contributed by atoms with E-state index in [1.807, 2.05) is 0 Å². The van der Waals surface area contributed by atoms with Gasteiger partial charge in [0.25, 0.3) is 0 Å². The van der Waals surface area contributed by atoms with E-state index < -0.39 is 12.0 Å². The lowest BCUT2D eigenvalue weighted by molar-refractivity contribution is -0.138. The normalized spacial score (nSPS) is 12.1. The molecule has 0 saturated carbocycles.